The lowest BCUT2D eigenvalue weighted by Crippen LogP contribution is -2.03. The number of anilines is 1. The molecule has 0 aliphatic heterocycles. The van der Waals surface area contributed by atoms with E-state index < -0.39 is 0 Å². The van der Waals surface area contributed by atoms with Crippen molar-refractivity contribution in [1.29, 1.82) is 0 Å². The molecule has 104 valence electrons. The minimum absolute atomic E-state index is 0.139. The first kappa shape index (κ1) is 14.0. The van der Waals surface area contributed by atoms with E-state index in [-0.39, 0.29) is 10.6 Å². The zero-order valence-corrected chi connectivity index (χ0v) is 11.8. The molecule has 0 aliphatic carbocycles. The lowest BCUT2D eigenvalue weighted by Gasteiger charge is -2.10. The van der Waals surface area contributed by atoms with Crippen molar-refractivity contribution in [3.8, 4) is 0 Å². The van der Waals surface area contributed by atoms with Gasteiger partial charge in [-0.15, -0.1) is 0 Å². The Morgan fingerprint density at radius 1 is 1.20 bits per heavy atom. The molecule has 0 radical (unpaired) electrons. The smallest absolute Gasteiger partial charge is 0.274 e. The average molecular weight is 271 g/mol. The van der Waals surface area contributed by atoms with E-state index in [1.165, 1.54) is 0 Å². The lowest BCUT2D eigenvalue weighted by atomic mass is 10.1. The van der Waals surface area contributed by atoms with Gasteiger partial charge in [-0.2, -0.15) is 0 Å². The summed E-state index contributed by atoms with van der Waals surface area (Å²) in [6.07, 6.45) is 1.81. The first-order chi connectivity index (χ1) is 9.47. The zero-order chi connectivity index (χ0) is 14.7. The van der Waals surface area contributed by atoms with Crippen molar-refractivity contribution >= 4 is 11.4 Å². The Morgan fingerprint density at radius 2 is 1.95 bits per heavy atom. The Balaban J connectivity index is 2.18. The predicted molar refractivity (Wildman–Crippen MR) is 78.9 cm³/mol. The van der Waals surface area contributed by atoms with E-state index in [0.717, 1.165) is 22.5 Å². The predicted octanol–water partition coefficient (Wildman–Crippen LogP) is 3.53. The Bertz CT molecular complexity index is 636. The van der Waals surface area contributed by atoms with Crippen LogP contribution < -0.4 is 5.32 Å². The topological polar surface area (TPSA) is 68.1 Å². The molecule has 1 N–H and O–H groups in total. The van der Waals surface area contributed by atoms with E-state index in [2.05, 4.69) is 10.3 Å². The number of hydrogen-bond acceptors (Lipinski definition) is 4. The van der Waals surface area contributed by atoms with Crippen molar-refractivity contribution in [2.45, 2.75) is 27.3 Å². The van der Waals surface area contributed by atoms with Crippen LogP contribution in [-0.4, -0.2) is 9.91 Å². The minimum Gasteiger partial charge on any atom is -0.380 e. The van der Waals surface area contributed by atoms with Gasteiger partial charge >= 0.3 is 0 Å². The fourth-order valence-corrected chi connectivity index (χ4v) is 2.03. The Kier molecular flexibility index (Phi) is 3.98. The van der Waals surface area contributed by atoms with Gasteiger partial charge in [-0.1, -0.05) is 6.07 Å². The van der Waals surface area contributed by atoms with E-state index in [0.29, 0.717) is 12.1 Å². The van der Waals surface area contributed by atoms with Crippen molar-refractivity contribution in [3.05, 3.63) is 63.0 Å². The van der Waals surface area contributed by atoms with Crippen molar-refractivity contribution < 1.29 is 4.92 Å². The maximum absolute atomic E-state index is 11.0. The van der Waals surface area contributed by atoms with Crippen molar-refractivity contribution in [1.82, 2.24) is 4.98 Å². The largest absolute Gasteiger partial charge is 0.380 e. The Morgan fingerprint density at radius 3 is 2.55 bits per heavy atom. The van der Waals surface area contributed by atoms with Gasteiger partial charge < -0.3 is 5.32 Å². The summed E-state index contributed by atoms with van der Waals surface area (Å²) in [7, 11) is 0. The lowest BCUT2D eigenvalue weighted by molar-refractivity contribution is -0.385. The fraction of sp³-hybridized carbons (Fsp3) is 0.267. The second-order valence-electron chi connectivity index (χ2n) is 4.87. The summed E-state index contributed by atoms with van der Waals surface area (Å²) in [5, 5.41) is 14.2. The minimum atomic E-state index is -0.354. The van der Waals surface area contributed by atoms with E-state index in [4.69, 9.17) is 0 Å². The monoisotopic (exact) mass is 271 g/mol. The van der Waals surface area contributed by atoms with E-state index in [1.54, 1.807) is 19.2 Å². The summed E-state index contributed by atoms with van der Waals surface area (Å²) in [6.45, 7) is 6.21. The fourth-order valence-electron chi connectivity index (χ4n) is 2.03. The van der Waals surface area contributed by atoms with Gasteiger partial charge in [-0.25, -0.2) is 0 Å². The van der Waals surface area contributed by atoms with Gasteiger partial charge in [0.2, 0.25) is 0 Å². The third-order valence-corrected chi connectivity index (χ3v) is 3.20. The number of nitro benzene ring substituents is 1. The summed E-state index contributed by atoms with van der Waals surface area (Å²) in [6, 6.07) is 7.36. The van der Waals surface area contributed by atoms with E-state index >= 15 is 0 Å². The SMILES string of the molecule is Cc1ccc(CNc2cc([N+](=O)[O-])c(C)cc2C)cn1. The number of hydrogen-bond donors (Lipinski definition) is 1. The second-order valence-corrected chi connectivity index (χ2v) is 4.87. The van der Waals surface area contributed by atoms with Gasteiger partial charge in [-0.05, 0) is 44.0 Å². The van der Waals surface area contributed by atoms with E-state index in [1.807, 2.05) is 32.0 Å². The molecule has 5 nitrogen and oxygen atoms in total. The number of benzene rings is 1. The molecule has 0 unspecified atom stereocenters. The van der Waals surface area contributed by atoms with Gasteiger partial charge in [0.25, 0.3) is 5.69 Å². The molecule has 0 aliphatic rings. The number of rotatable bonds is 4. The van der Waals surface area contributed by atoms with Crippen LogP contribution in [0.4, 0.5) is 11.4 Å². The highest BCUT2D eigenvalue weighted by Crippen LogP contribution is 2.26. The number of pyridine rings is 1. The van der Waals surface area contributed by atoms with Crippen LogP contribution in [0.2, 0.25) is 0 Å². The third-order valence-electron chi connectivity index (χ3n) is 3.20. The van der Waals surface area contributed by atoms with Crippen molar-refractivity contribution in [2.75, 3.05) is 5.32 Å². The van der Waals surface area contributed by atoms with Crippen molar-refractivity contribution in [3.63, 3.8) is 0 Å². The molecular weight excluding hydrogens is 254 g/mol. The summed E-state index contributed by atoms with van der Waals surface area (Å²) >= 11 is 0. The maximum Gasteiger partial charge on any atom is 0.274 e. The summed E-state index contributed by atoms with van der Waals surface area (Å²) in [5.74, 6) is 0. The highest BCUT2D eigenvalue weighted by Gasteiger charge is 2.13. The molecule has 2 aromatic rings. The first-order valence-corrected chi connectivity index (χ1v) is 6.38. The Labute approximate surface area is 117 Å². The summed E-state index contributed by atoms with van der Waals surface area (Å²) in [4.78, 5) is 14.8. The van der Waals surface area contributed by atoms with Crippen LogP contribution in [0, 0.1) is 30.9 Å². The molecular formula is C15H17N3O2. The molecule has 5 heteroatoms. The zero-order valence-electron chi connectivity index (χ0n) is 11.8. The highest BCUT2D eigenvalue weighted by molar-refractivity contribution is 5.60. The second kappa shape index (κ2) is 5.69. The molecule has 0 saturated carbocycles. The average Bonchev–Trinajstić information content (AvgIpc) is 2.39. The summed E-state index contributed by atoms with van der Waals surface area (Å²) < 4.78 is 0. The van der Waals surface area contributed by atoms with Crippen molar-refractivity contribution in [2.24, 2.45) is 0 Å². The number of aromatic nitrogens is 1. The van der Waals surface area contributed by atoms with Gasteiger partial charge in [-0.3, -0.25) is 15.1 Å². The van der Waals surface area contributed by atoms with Gasteiger partial charge in [0, 0.05) is 35.8 Å². The molecule has 0 fully saturated rings. The van der Waals surface area contributed by atoms with Crippen LogP contribution in [0.15, 0.2) is 30.5 Å². The molecule has 1 aromatic heterocycles. The quantitative estimate of drug-likeness (QED) is 0.682. The molecule has 0 saturated heterocycles. The molecule has 0 bridgehead atoms. The van der Waals surface area contributed by atoms with Crippen LogP contribution in [-0.2, 0) is 6.54 Å². The van der Waals surface area contributed by atoms with Crippen LogP contribution >= 0.6 is 0 Å². The molecule has 1 heterocycles. The van der Waals surface area contributed by atoms with Gasteiger partial charge in [0.1, 0.15) is 0 Å². The maximum atomic E-state index is 11.0. The molecule has 0 spiro atoms. The van der Waals surface area contributed by atoms with Gasteiger partial charge in [0.15, 0.2) is 0 Å². The molecule has 2 rings (SSSR count). The number of aryl methyl sites for hydroxylation is 3. The molecule has 0 atom stereocenters. The first-order valence-electron chi connectivity index (χ1n) is 6.38. The highest BCUT2D eigenvalue weighted by atomic mass is 16.6. The van der Waals surface area contributed by atoms with Crippen LogP contribution in [0.25, 0.3) is 0 Å². The van der Waals surface area contributed by atoms with Crippen LogP contribution in [0.3, 0.4) is 0 Å². The third kappa shape index (κ3) is 3.12. The number of nitrogens with zero attached hydrogens (tertiary/aromatic N) is 2. The molecule has 20 heavy (non-hydrogen) atoms. The van der Waals surface area contributed by atoms with Crippen LogP contribution in [0.1, 0.15) is 22.4 Å². The number of nitro groups is 1. The normalized spacial score (nSPS) is 10.3. The van der Waals surface area contributed by atoms with E-state index in [9.17, 15) is 10.1 Å². The molecule has 1 aromatic carbocycles. The molecule has 0 amide bonds. The standard InChI is InChI=1S/C15H17N3O2/c1-10-6-11(2)15(18(19)20)7-14(10)17-9-13-5-4-12(3)16-8-13/h4-8,17H,9H2,1-3H3. The number of nitrogens with one attached hydrogen (secondary N) is 1. The Hall–Kier alpha value is -2.43. The van der Waals surface area contributed by atoms with Crippen LogP contribution in [0.5, 0.6) is 0 Å². The summed E-state index contributed by atoms with van der Waals surface area (Å²) in [5.41, 5.74) is 4.60. The van der Waals surface area contributed by atoms with Gasteiger partial charge in [0.05, 0.1) is 4.92 Å².